The summed E-state index contributed by atoms with van der Waals surface area (Å²) >= 11 is 1.95. The minimum Gasteiger partial charge on any atom is -0.350 e. The lowest BCUT2D eigenvalue weighted by molar-refractivity contribution is 0.691. The van der Waals surface area contributed by atoms with Gasteiger partial charge in [0.2, 0.25) is 5.95 Å². The molecule has 1 aliphatic carbocycles. The summed E-state index contributed by atoms with van der Waals surface area (Å²) in [5, 5.41) is 15.5. The van der Waals surface area contributed by atoms with Gasteiger partial charge in [0, 0.05) is 18.3 Å². The third-order valence-electron chi connectivity index (χ3n) is 2.67. The van der Waals surface area contributed by atoms with Crippen LogP contribution in [-0.2, 0) is 7.05 Å². The first-order valence-corrected chi connectivity index (χ1v) is 6.10. The molecule has 2 unspecified atom stereocenters. The predicted molar refractivity (Wildman–Crippen MR) is 57.4 cm³/mol. The van der Waals surface area contributed by atoms with Crippen molar-refractivity contribution in [2.75, 3.05) is 11.6 Å². The summed E-state index contributed by atoms with van der Waals surface area (Å²) in [6.07, 6.45) is 5.91. The molecule has 6 heteroatoms. The van der Waals surface area contributed by atoms with Crippen LogP contribution in [0.2, 0.25) is 0 Å². The maximum Gasteiger partial charge on any atom is 0.242 e. The lowest BCUT2D eigenvalue weighted by atomic mass is 10.2. The normalized spacial score (nSPS) is 26.7. The molecule has 78 valence electrons. The summed E-state index contributed by atoms with van der Waals surface area (Å²) in [7, 11) is 1.85. The van der Waals surface area contributed by atoms with Crippen molar-refractivity contribution in [3.63, 3.8) is 0 Å². The van der Waals surface area contributed by atoms with Gasteiger partial charge in [0.1, 0.15) is 0 Å². The largest absolute Gasteiger partial charge is 0.350 e. The molecule has 1 N–H and O–H groups in total. The maximum absolute atomic E-state index is 3.91. The molecule has 0 amide bonds. The molecular formula is C8H15N5S. The monoisotopic (exact) mass is 213 g/mol. The molecule has 1 heterocycles. The highest BCUT2D eigenvalue weighted by atomic mass is 32.2. The minimum absolute atomic E-state index is 0.539. The van der Waals surface area contributed by atoms with Gasteiger partial charge in [0.05, 0.1) is 0 Å². The van der Waals surface area contributed by atoms with Gasteiger partial charge in [0.15, 0.2) is 0 Å². The fraction of sp³-hybridized carbons (Fsp3) is 0.875. The van der Waals surface area contributed by atoms with Crippen LogP contribution in [0.4, 0.5) is 5.95 Å². The first-order chi connectivity index (χ1) is 6.79. The standard InChI is InChI=1S/C8H15N5S/c1-13-8(10-11-12-13)9-6-3-4-7(5-6)14-2/h6-7H,3-5H2,1-2H3,(H,9,10,12). The molecule has 0 saturated heterocycles. The maximum atomic E-state index is 3.91. The first-order valence-electron chi connectivity index (χ1n) is 4.81. The topological polar surface area (TPSA) is 55.6 Å². The number of nitrogens with one attached hydrogen (secondary N) is 1. The second-order valence-corrected chi connectivity index (χ2v) is 4.78. The van der Waals surface area contributed by atoms with Crippen molar-refractivity contribution in [2.45, 2.75) is 30.6 Å². The third kappa shape index (κ3) is 2.00. The number of tetrazole rings is 1. The second-order valence-electron chi connectivity index (χ2n) is 3.64. The van der Waals surface area contributed by atoms with E-state index in [4.69, 9.17) is 0 Å². The predicted octanol–water partition coefficient (Wildman–Crippen LogP) is 0.906. The SMILES string of the molecule is CSC1CCC(Nc2nnnn2C)C1. The molecule has 5 nitrogen and oxygen atoms in total. The zero-order valence-corrected chi connectivity index (χ0v) is 9.29. The van der Waals surface area contributed by atoms with Gasteiger partial charge in [-0.05, 0) is 35.9 Å². The van der Waals surface area contributed by atoms with E-state index < -0.39 is 0 Å². The lowest BCUT2D eigenvalue weighted by Gasteiger charge is -2.11. The Hall–Kier alpha value is -0.780. The molecule has 14 heavy (non-hydrogen) atoms. The summed E-state index contributed by atoms with van der Waals surface area (Å²) < 4.78 is 1.67. The van der Waals surface area contributed by atoms with Crippen molar-refractivity contribution in [2.24, 2.45) is 7.05 Å². The second kappa shape index (κ2) is 4.16. The van der Waals surface area contributed by atoms with Crippen LogP contribution < -0.4 is 5.32 Å². The first kappa shape index (κ1) is 9.76. The fourth-order valence-corrected chi connectivity index (χ4v) is 2.62. The Balaban J connectivity index is 1.90. The Morgan fingerprint density at radius 3 is 2.93 bits per heavy atom. The molecule has 1 saturated carbocycles. The Labute approximate surface area is 87.6 Å². The average Bonchev–Trinajstić information content (AvgIpc) is 2.77. The van der Waals surface area contributed by atoms with Crippen LogP contribution in [0.5, 0.6) is 0 Å². The number of hydrogen-bond donors (Lipinski definition) is 1. The number of anilines is 1. The Kier molecular flexibility index (Phi) is 2.90. The van der Waals surface area contributed by atoms with Crippen molar-refractivity contribution >= 4 is 17.7 Å². The third-order valence-corrected chi connectivity index (χ3v) is 3.77. The van der Waals surface area contributed by atoms with Gasteiger partial charge >= 0.3 is 0 Å². The average molecular weight is 213 g/mol. The van der Waals surface area contributed by atoms with Gasteiger partial charge in [-0.3, -0.25) is 0 Å². The van der Waals surface area contributed by atoms with Crippen molar-refractivity contribution in [3.05, 3.63) is 0 Å². The van der Waals surface area contributed by atoms with Crippen LogP contribution in [-0.4, -0.2) is 37.8 Å². The van der Waals surface area contributed by atoms with Gasteiger partial charge in [-0.2, -0.15) is 11.8 Å². The number of thioether (sulfide) groups is 1. The van der Waals surface area contributed by atoms with Crippen LogP contribution in [0, 0.1) is 0 Å². The number of hydrogen-bond acceptors (Lipinski definition) is 5. The number of aryl methyl sites for hydroxylation is 1. The quantitative estimate of drug-likeness (QED) is 0.808. The fourth-order valence-electron chi connectivity index (χ4n) is 1.82. The molecule has 1 fully saturated rings. The van der Waals surface area contributed by atoms with Crippen LogP contribution in [0.25, 0.3) is 0 Å². The highest BCUT2D eigenvalue weighted by molar-refractivity contribution is 7.99. The van der Waals surface area contributed by atoms with Gasteiger partial charge in [-0.25, -0.2) is 4.68 Å². The van der Waals surface area contributed by atoms with Gasteiger partial charge < -0.3 is 5.32 Å². The molecule has 0 aliphatic heterocycles. The van der Waals surface area contributed by atoms with Crippen LogP contribution in [0.1, 0.15) is 19.3 Å². The summed E-state index contributed by atoms with van der Waals surface area (Å²) in [6.45, 7) is 0. The van der Waals surface area contributed by atoms with Crippen molar-refractivity contribution in [1.29, 1.82) is 0 Å². The Morgan fingerprint density at radius 2 is 2.36 bits per heavy atom. The van der Waals surface area contributed by atoms with E-state index in [-0.39, 0.29) is 0 Å². The highest BCUT2D eigenvalue weighted by Crippen LogP contribution is 2.29. The molecule has 1 aliphatic rings. The summed E-state index contributed by atoms with van der Waals surface area (Å²) in [6, 6.07) is 0.539. The Bertz CT molecular complexity index is 300. The molecule has 2 rings (SSSR count). The zero-order chi connectivity index (χ0) is 9.97. The lowest BCUT2D eigenvalue weighted by Crippen LogP contribution is -2.18. The molecule has 0 spiro atoms. The van der Waals surface area contributed by atoms with Crippen LogP contribution in [0.3, 0.4) is 0 Å². The van der Waals surface area contributed by atoms with E-state index in [2.05, 4.69) is 27.1 Å². The minimum atomic E-state index is 0.539. The summed E-state index contributed by atoms with van der Waals surface area (Å²) in [4.78, 5) is 0. The summed E-state index contributed by atoms with van der Waals surface area (Å²) in [5.74, 6) is 0.775. The number of rotatable bonds is 3. The molecule has 0 bridgehead atoms. The summed E-state index contributed by atoms with van der Waals surface area (Å²) in [5.41, 5.74) is 0. The molecule has 1 aromatic rings. The molecular weight excluding hydrogens is 198 g/mol. The van der Waals surface area contributed by atoms with E-state index in [1.54, 1.807) is 4.68 Å². The smallest absolute Gasteiger partial charge is 0.242 e. The zero-order valence-electron chi connectivity index (χ0n) is 8.47. The van der Waals surface area contributed by atoms with E-state index in [0.29, 0.717) is 6.04 Å². The van der Waals surface area contributed by atoms with Gasteiger partial charge in [-0.1, -0.05) is 5.10 Å². The van der Waals surface area contributed by atoms with Crippen molar-refractivity contribution in [3.8, 4) is 0 Å². The Morgan fingerprint density at radius 1 is 1.50 bits per heavy atom. The van der Waals surface area contributed by atoms with Crippen molar-refractivity contribution in [1.82, 2.24) is 20.2 Å². The van der Waals surface area contributed by atoms with E-state index in [1.807, 2.05) is 18.8 Å². The molecule has 1 aromatic heterocycles. The van der Waals surface area contributed by atoms with E-state index >= 15 is 0 Å². The molecule has 2 atom stereocenters. The molecule has 0 radical (unpaired) electrons. The number of aromatic nitrogens is 4. The van der Waals surface area contributed by atoms with Gasteiger partial charge in [-0.15, -0.1) is 0 Å². The van der Waals surface area contributed by atoms with Crippen molar-refractivity contribution < 1.29 is 0 Å². The van der Waals surface area contributed by atoms with E-state index in [9.17, 15) is 0 Å². The van der Waals surface area contributed by atoms with Crippen LogP contribution in [0.15, 0.2) is 0 Å². The van der Waals surface area contributed by atoms with Crippen LogP contribution >= 0.6 is 11.8 Å². The molecule has 0 aromatic carbocycles. The highest BCUT2D eigenvalue weighted by Gasteiger charge is 2.24. The van der Waals surface area contributed by atoms with E-state index in [0.717, 1.165) is 11.2 Å². The van der Waals surface area contributed by atoms with Gasteiger partial charge in [0.25, 0.3) is 0 Å². The number of nitrogens with zero attached hydrogens (tertiary/aromatic N) is 4. The van der Waals surface area contributed by atoms with E-state index in [1.165, 1.54) is 19.3 Å².